The molecule has 0 unspecified atom stereocenters. The fourth-order valence-corrected chi connectivity index (χ4v) is 12.7. The van der Waals surface area contributed by atoms with Crippen molar-refractivity contribution in [2.75, 3.05) is 0 Å². The number of benzene rings is 8. The zero-order valence-electron chi connectivity index (χ0n) is 54.3. The number of hydrogen-bond acceptors (Lipinski definition) is 10. The second-order valence-electron chi connectivity index (χ2n) is 27.0. The molecule has 3 fully saturated rings. The summed E-state index contributed by atoms with van der Waals surface area (Å²) in [7, 11) is -1.45. The molecule has 15 rings (SSSR count). The van der Waals surface area contributed by atoms with Crippen molar-refractivity contribution >= 4 is 85.7 Å². The van der Waals surface area contributed by atoms with E-state index in [-0.39, 0.29) is 29.8 Å². The summed E-state index contributed by atoms with van der Waals surface area (Å²) in [6, 6.07) is 68.8. The lowest BCUT2D eigenvalue weighted by molar-refractivity contribution is 0.00578. The van der Waals surface area contributed by atoms with Gasteiger partial charge in [0, 0.05) is 48.3 Å². The van der Waals surface area contributed by atoms with Crippen molar-refractivity contribution in [3.63, 3.8) is 0 Å². The number of aromatic nitrogens is 4. The molecule has 3 aliphatic rings. The quantitative estimate of drug-likeness (QED) is 0.0829. The van der Waals surface area contributed by atoms with Gasteiger partial charge in [0.15, 0.2) is 0 Å². The zero-order chi connectivity index (χ0) is 64.4. The van der Waals surface area contributed by atoms with Crippen LogP contribution >= 0.6 is 15.9 Å². The highest BCUT2D eigenvalue weighted by Gasteiger charge is 2.64. The SMILES string of the molecule is Brc1ccc(-c2c3ccccc3c(-c3ccccc3)c3cc(-c4ccncc4)ccc23)cn1.C.CC1(C)OB(B2OC(C)(C)C(C)(C)O2)OC1(C)C.CC1(C)OB(c2ccc(-c3c4ccccc4c(-c4ccccc4)c4cc(-c5ccncc5)ccc34)cn2)OC1(C)C. The van der Waals surface area contributed by atoms with Gasteiger partial charge in [-0.1, -0.05) is 153 Å². The maximum atomic E-state index is 6.27. The third-order valence-corrected chi connectivity index (χ3v) is 20.0. The van der Waals surface area contributed by atoms with Gasteiger partial charge in [-0.3, -0.25) is 15.0 Å². The van der Waals surface area contributed by atoms with Crippen LogP contribution in [0, 0.1) is 0 Å². The van der Waals surface area contributed by atoms with Crippen LogP contribution in [0.1, 0.15) is 90.5 Å². The number of nitrogens with zero attached hydrogens (tertiary/aromatic N) is 4. The van der Waals surface area contributed by atoms with Crippen LogP contribution in [0.5, 0.6) is 0 Å². The lowest BCUT2D eigenvalue weighted by Gasteiger charge is -2.32. The Kier molecular flexibility index (Phi) is 17.6. The second-order valence-corrected chi connectivity index (χ2v) is 27.8. The first kappa shape index (κ1) is 64.9. The monoisotopic (exact) mass is 1290 g/mol. The smallest absolute Gasteiger partial charge is 0.405 e. The Morgan fingerprint density at radius 1 is 0.290 bits per heavy atom. The molecule has 14 heteroatoms. The summed E-state index contributed by atoms with van der Waals surface area (Å²) < 4.78 is 37.2. The number of pyridine rings is 4. The Labute approximate surface area is 557 Å². The summed E-state index contributed by atoms with van der Waals surface area (Å²) in [4.78, 5) is 17.8. The average Bonchev–Trinajstić information content (AvgIpc) is 1.73. The first-order valence-corrected chi connectivity index (χ1v) is 32.3. The number of hydrogen-bond donors (Lipinski definition) is 0. The molecule has 0 atom stereocenters. The van der Waals surface area contributed by atoms with Gasteiger partial charge < -0.3 is 27.9 Å². The van der Waals surface area contributed by atoms with E-state index in [0.29, 0.717) is 0 Å². The predicted octanol–water partition coefficient (Wildman–Crippen LogP) is 19.5. The molecule has 0 radical (unpaired) electrons. The van der Waals surface area contributed by atoms with Crippen molar-refractivity contribution in [1.29, 1.82) is 0 Å². The summed E-state index contributed by atoms with van der Waals surface area (Å²) in [5.74, 6) is 0. The molecule has 0 aliphatic carbocycles. The van der Waals surface area contributed by atoms with Crippen LogP contribution in [0.15, 0.2) is 236 Å². The summed E-state index contributed by atoms with van der Waals surface area (Å²) in [5.41, 5.74) is 12.6. The van der Waals surface area contributed by atoms with Crippen LogP contribution in [0.25, 0.3) is 110 Å². The van der Waals surface area contributed by atoms with Gasteiger partial charge >= 0.3 is 21.1 Å². The van der Waals surface area contributed by atoms with Gasteiger partial charge in [0.25, 0.3) is 0 Å². The third-order valence-electron chi connectivity index (χ3n) is 19.6. The zero-order valence-corrected chi connectivity index (χ0v) is 55.9. The summed E-state index contributed by atoms with van der Waals surface area (Å²) in [6.07, 6.45) is 11.3. The molecule has 8 aromatic carbocycles. The minimum absolute atomic E-state index is 0. The molecule has 3 aliphatic heterocycles. The highest BCUT2D eigenvalue weighted by atomic mass is 79.9. The van der Waals surface area contributed by atoms with Crippen LogP contribution in [0.3, 0.4) is 0 Å². The highest BCUT2D eigenvalue weighted by molar-refractivity contribution is 9.10. The van der Waals surface area contributed by atoms with E-state index < -0.39 is 32.3 Å². The van der Waals surface area contributed by atoms with E-state index in [1.165, 1.54) is 82.0 Å². The Bertz CT molecular complexity index is 4590. The number of halogens is 1. The number of rotatable bonds is 8. The molecule has 12 aromatic rings. The van der Waals surface area contributed by atoms with E-state index in [4.69, 9.17) is 32.9 Å². The fourth-order valence-electron chi connectivity index (χ4n) is 12.4. The minimum Gasteiger partial charge on any atom is -0.405 e. The Morgan fingerprint density at radius 2 is 0.602 bits per heavy atom. The van der Waals surface area contributed by atoms with Gasteiger partial charge in [-0.25, -0.2) is 4.98 Å². The molecule has 3 saturated heterocycles. The topological polar surface area (TPSA) is 107 Å². The van der Waals surface area contributed by atoms with E-state index in [9.17, 15) is 0 Å². The molecular formula is C79H78B3BrN4O6. The fraction of sp³-hybridized carbons (Fsp3) is 0.241. The molecule has 0 saturated carbocycles. The minimum atomic E-state index is -0.495. The third kappa shape index (κ3) is 12.4. The average molecular weight is 1290 g/mol. The normalized spacial score (nSPS) is 17.2. The standard InChI is InChI=1S/C36H31BN2O2.C30H19BrN2.C12H24B2O4.CH4/c1-35(2)36(3,4)41-37(40-35)32-17-15-27(23-39-32)34-29-13-9-8-12-28(29)33(25-10-6-5-7-11-25)31-22-26(14-16-30(31)34)24-18-20-38-21-19-24;31-28-13-11-23(19-33-28)30-25-9-5-4-8-24(25)29(21-6-2-1-3-7-21)27-18-22(10-12-26(27)30)20-14-16-32-17-15-20;1-9(2)10(3,4)16-13(15-9)14-17-11(5,6)12(7,8)18-14;/h5-23H,1-4H3;1-19H;1-8H3;1H4. The Morgan fingerprint density at radius 3 is 0.946 bits per heavy atom. The molecular weight excluding hydrogens is 1210 g/mol. The maximum absolute atomic E-state index is 6.27. The predicted molar refractivity (Wildman–Crippen MR) is 389 cm³/mol. The first-order chi connectivity index (χ1) is 44.0. The van der Waals surface area contributed by atoms with Crippen LogP contribution in [-0.4, -0.2) is 74.7 Å². The van der Waals surface area contributed by atoms with Crippen LogP contribution in [0.2, 0.25) is 0 Å². The van der Waals surface area contributed by atoms with E-state index in [1.807, 2.05) is 105 Å². The van der Waals surface area contributed by atoms with E-state index in [2.05, 4.69) is 241 Å². The van der Waals surface area contributed by atoms with Crippen LogP contribution < -0.4 is 5.59 Å². The largest absolute Gasteiger partial charge is 0.514 e. The highest BCUT2D eigenvalue weighted by Crippen LogP contribution is 2.48. The van der Waals surface area contributed by atoms with Crippen LogP contribution in [-0.2, 0) is 27.9 Å². The van der Waals surface area contributed by atoms with Crippen molar-refractivity contribution in [3.05, 3.63) is 236 Å². The molecule has 466 valence electrons. The molecule has 93 heavy (non-hydrogen) atoms. The second kappa shape index (κ2) is 25.3. The van der Waals surface area contributed by atoms with Crippen molar-refractivity contribution in [1.82, 2.24) is 19.9 Å². The lowest BCUT2D eigenvalue weighted by atomic mass is 9.49. The van der Waals surface area contributed by atoms with Gasteiger partial charge in [0.2, 0.25) is 0 Å². The van der Waals surface area contributed by atoms with Gasteiger partial charge in [-0.05, 0) is 246 Å². The summed E-state index contributed by atoms with van der Waals surface area (Å²) in [6.45, 7) is 24.5. The lowest BCUT2D eigenvalue weighted by Crippen LogP contribution is -2.41. The van der Waals surface area contributed by atoms with Crippen LogP contribution in [0.4, 0.5) is 0 Å². The van der Waals surface area contributed by atoms with Gasteiger partial charge in [0.05, 0.1) is 39.2 Å². The molecule has 10 nitrogen and oxygen atoms in total. The summed E-state index contributed by atoms with van der Waals surface area (Å²) in [5, 5.41) is 9.70. The van der Waals surface area contributed by atoms with Gasteiger partial charge in [-0.2, -0.15) is 0 Å². The van der Waals surface area contributed by atoms with Gasteiger partial charge in [-0.15, -0.1) is 0 Å². The van der Waals surface area contributed by atoms with E-state index in [1.54, 1.807) is 0 Å². The molecule has 0 N–H and O–H groups in total. The first-order valence-electron chi connectivity index (χ1n) is 31.5. The molecule has 0 spiro atoms. The van der Waals surface area contributed by atoms with Crippen molar-refractivity contribution in [2.24, 2.45) is 0 Å². The Balaban J connectivity index is 0.000000143. The van der Waals surface area contributed by atoms with Crippen molar-refractivity contribution < 1.29 is 27.9 Å². The van der Waals surface area contributed by atoms with Crippen molar-refractivity contribution in [2.45, 2.75) is 124 Å². The molecule has 0 amide bonds. The van der Waals surface area contributed by atoms with E-state index in [0.717, 1.165) is 38.0 Å². The van der Waals surface area contributed by atoms with Gasteiger partial charge in [0.1, 0.15) is 4.60 Å². The molecule has 7 heterocycles. The molecule has 4 aromatic heterocycles. The number of fused-ring (bicyclic) bond motifs is 4. The Hall–Kier alpha value is -8.17. The summed E-state index contributed by atoms with van der Waals surface area (Å²) >= 11 is 3.48. The van der Waals surface area contributed by atoms with Crippen molar-refractivity contribution in [3.8, 4) is 66.8 Å². The maximum Gasteiger partial charge on any atom is 0.514 e. The van der Waals surface area contributed by atoms with E-state index >= 15 is 0 Å². The molecule has 0 bridgehead atoms.